The van der Waals surface area contributed by atoms with Gasteiger partial charge in [-0.25, -0.2) is 9.97 Å². The number of nitrogens with zero attached hydrogens (tertiary/aromatic N) is 2. The van der Waals surface area contributed by atoms with E-state index in [-0.39, 0.29) is 0 Å². The summed E-state index contributed by atoms with van der Waals surface area (Å²) in [7, 11) is 0. The van der Waals surface area contributed by atoms with Crippen molar-refractivity contribution in [3.8, 4) is 89.5 Å². The Morgan fingerprint density at radius 2 is 0.779 bits per heavy atom. The largest absolute Gasteiger partial charge is 0.456 e. The fourth-order valence-electron chi connectivity index (χ4n) is 11.4. The molecule has 2 aliphatic rings. The fourth-order valence-corrected chi connectivity index (χ4v) is 11.4. The second-order valence-electron chi connectivity index (χ2n) is 18.0. The minimum absolute atomic E-state index is 0.544. The van der Waals surface area contributed by atoms with Crippen LogP contribution in [0.15, 0.2) is 247 Å². The highest BCUT2D eigenvalue weighted by atomic mass is 16.3. The monoisotopic (exact) mass is 864 g/mol. The summed E-state index contributed by atoms with van der Waals surface area (Å²) in [5.41, 5.74) is 22.9. The van der Waals surface area contributed by atoms with Gasteiger partial charge in [0.15, 0.2) is 5.82 Å². The topological polar surface area (TPSA) is 38.9 Å². The lowest BCUT2D eigenvalue weighted by molar-refractivity contribution is 0.669. The first-order valence-electron chi connectivity index (χ1n) is 23.3. The summed E-state index contributed by atoms with van der Waals surface area (Å²) in [5, 5.41) is 2.19. The zero-order valence-electron chi connectivity index (χ0n) is 36.9. The minimum Gasteiger partial charge on any atom is -0.456 e. The number of benzene rings is 10. The molecule has 316 valence electrons. The lowest BCUT2D eigenvalue weighted by atomic mass is 9.69. The van der Waals surface area contributed by atoms with Crippen molar-refractivity contribution in [2.24, 2.45) is 0 Å². The Kier molecular flexibility index (Phi) is 8.50. The molecule has 2 aromatic heterocycles. The first-order chi connectivity index (χ1) is 33.7. The van der Waals surface area contributed by atoms with Crippen LogP contribution in [0.4, 0.5) is 0 Å². The Morgan fingerprint density at radius 1 is 0.279 bits per heavy atom. The van der Waals surface area contributed by atoms with Gasteiger partial charge in [-0.05, 0) is 120 Å². The van der Waals surface area contributed by atoms with E-state index in [2.05, 4.69) is 224 Å². The molecule has 3 heteroatoms. The van der Waals surface area contributed by atoms with Crippen LogP contribution in [0.5, 0.6) is 0 Å². The van der Waals surface area contributed by atoms with Gasteiger partial charge in [0.25, 0.3) is 0 Å². The van der Waals surface area contributed by atoms with Crippen LogP contribution in [-0.2, 0) is 5.41 Å². The van der Waals surface area contributed by atoms with Crippen LogP contribution < -0.4 is 0 Å². The second kappa shape index (κ2) is 15.1. The molecule has 0 saturated carbocycles. The van der Waals surface area contributed by atoms with Crippen LogP contribution in [0, 0.1) is 0 Å². The van der Waals surface area contributed by atoms with Gasteiger partial charge in [0.1, 0.15) is 11.2 Å². The van der Waals surface area contributed by atoms with Crippen molar-refractivity contribution in [3.05, 3.63) is 265 Å². The highest BCUT2D eigenvalue weighted by Gasteiger charge is 2.52. The third kappa shape index (κ3) is 5.72. The highest BCUT2D eigenvalue weighted by molar-refractivity contribution is 6.06. The Balaban J connectivity index is 1.04. The Morgan fingerprint density at radius 3 is 1.49 bits per heavy atom. The molecule has 2 aliphatic carbocycles. The van der Waals surface area contributed by atoms with Crippen molar-refractivity contribution in [2.75, 3.05) is 0 Å². The van der Waals surface area contributed by atoms with E-state index in [1.54, 1.807) is 0 Å². The smallest absolute Gasteiger partial charge is 0.160 e. The van der Waals surface area contributed by atoms with Gasteiger partial charge in [-0.2, -0.15) is 0 Å². The normalized spacial score (nSPS) is 12.8. The molecule has 0 fully saturated rings. The van der Waals surface area contributed by atoms with Crippen molar-refractivity contribution in [1.82, 2.24) is 9.97 Å². The standard InChI is InChI=1S/C65H40N2O/c1-3-18-41(19-4-1)47-22-7-8-23-48(47)45-36-44(43-34-35-62-55(39-43)52-27-12-16-33-61(52)68-62)37-46(38-45)59-40-60(67-64(66-59)42-20-5-2-6-21-42)54-29-17-28-53-51-26-11-15-32-58(51)65(63(53)54)56-30-13-9-24-49(56)50-25-10-14-31-57(50)65/h1-40H. The first-order valence-corrected chi connectivity index (χ1v) is 23.3. The Bertz CT molecular complexity index is 3910. The number of aromatic nitrogens is 2. The molecule has 2 heterocycles. The van der Waals surface area contributed by atoms with Gasteiger partial charge in [-0.15, -0.1) is 0 Å². The van der Waals surface area contributed by atoms with Crippen LogP contribution in [0.3, 0.4) is 0 Å². The summed E-state index contributed by atoms with van der Waals surface area (Å²) in [6, 6.07) is 87.6. The van der Waals surface area contributed by atoms with Gasteiger partial charge < -0.3 is 4.42 Å². The fraction of sp³-hybridized carbons (Fsp3) is 0.0154. The van der Waals surface area contributed by atoms with E-state index < -0.39 is 5.41 Å². The van der Waals surface area contributed by atoms with Crippen molar-refractivity contribution < 1.29 is 4.42 Å². The van der Waals surface area contributed by atoms with Crippen LogP contribution in [-0.4, -0.2) is 9.97 Å². The molecule has 12 aromatic rings. The third-order valence-electron chi connectivity index (χ3n) is 14.3. The van der Waals surface area contributed by atoms with Crippen molar-refractivity contribution >= 4 is 21.9 Å². The Labute approximate surface area is 394 Å². The highest BCUT2D eigenvalue weighted by Crippen LogP contribution is 2.64. The second-order valence-corrected chi connectivity index (χ2v) is 18.0. The number of para-hydroxylation sites is 1. The molecule has 10 aromatic carbocycles. The zero-order valence-corrected chi connectivity index (χ0v) is 36.9. The zero-order chi connectivity index (χ0) is 44.8. The van der Waals surface area contributed by atoms with Gasteiger partial charge >= 0.3 is 0 Å². The molecule has 0 atom stereocenters. The van der Waals surface area contributed by atoms with E-state index in [0.29, 0.717) is 5.82 Å². The average Bonchev–Trinajstić information content (AvgIpc) is 4.05. The molecule has 0 unspecified atom stereocenters. The average molecular weight is 865 g/mol. The van der Waals surface area contributed by atoms with Gasteiger partial charge in [0, 0.05) is 27.5 Å². The van der Waals surface area contributed by atoms with E-state index >= 15 is 0 Å². The molecule has 0 saturated heterocycles. The molecule has 1 spiro atoms. The van der Waals surface area contributed by atoms with Gasteiger partial charge in [-0.1, -0.05) is 200 Å². The number of furan rings is 1. The molecular weight excluding hydrogens is 825 g/mol. The van der Waals surface area contributed by atoms with Crippen molar-refractivity contribution in [1.29, 1.82) is 0 Å². The Hall–Kier alpha value is -8.92. The van der Waals surface area contributed by atoms with Crippen LogP contribution in [0.2, 0.25) is 0 Å². The van der Waals surface area contributed by atoms with E-state index in [9.17, 15) is 0 Å². The quantitative estimate of drug-likeness (QED) is 0.167. The number of hydrogen-bond acceptors (Lipinski definition) is 3. The predicted octanol–water partition coefficient (Wildman–Crippen LogP) is 16.7. The summed E-state index contributed by atoms with van der Waals surface area (Å²) in [6.07, 6.45) is 0. The van der Waals surface area contributed by atoms with E-state index in [1.165, 1.54) is 55.6 Å². The molecule has 0 radical (unpaired) electrons. The maximum atomic E-state index is 6.31. The lowest BCUT2D eigenvalue weighted by Crippen LogP contribution is -2.26. The maximum absolute atomic E-state index is 6.31. The summed E-state index contributed by atoms with van der Waals surface area (Å²) < 4.78 is 6.31. The van der Waals surface area contributed by atoms with Crippen LogP contribution in [0.25, 0.3) is 111 Å². The van der Waals surface area contributed by atoms with Gasteiger partial charge in [0.05, 0.1) is 16.8 Å². The third-order valence-corrected chi connectivity index (χ3v) is 14.3. The first kappa shape index (κ1) is 38.4. The van der Waals surface area contributed by atoms with Gasteiger partial charge in [-0.3, -0.25) is 0 Å². The predicted molar refractivity (Wildman–Crippen MR) is 278 cm³/mol. The van der Waals surface area contributed by atoms with Crippen LogP contribution >= 0.6 is 0 Å². The minimum atomic E-state index is -0.544. The van der Waals surface area contributed by atoms with E-state index in [1.807, 2.05) is 18.2 Å². The molecule has 0 N–H and O–H groups in total. The summed E-state index contributed by atoms with van der Waals surface area (Å²) >= 11 is 0. The molecule has 3 nitrogen and oxygen atoms in total. The molecule has 68 heavy (non-hydrogen) atoms. The van der Waals surface area contributed by atoms with E-state index in [0.717, 1.165) is 72.3 Å². The van der Waals surface area contributed by atoms with Crippen molar-refractivity contribution in [3.63, 3.8) is 0 Å². The van der Waals surface area contributed by atoms with Gasteiger partial charge in [0.2, 0.25) is 0 Å². The summed E-state index contributed by atoms with van der Waals surface area (Å²) in [6.45, 7) is 0. The van der Waals surface area contributed by atoms with E-state index in [4.69, 9.17) is 14.4 Å². The van der Waals surface area contributed by atoms with Crippen LogP contribution in [0.1, 0.15) is 22.3 Å². The molecular formula is C65H40N2O. The number of hydrogen-bond donors (Lipinski definition) is 0. The summed E-state index contributed by atoms with van der Waals surface area (Å²) in [4.78, 5) is 11.1. The number of rotatable bonds is 6. The van der Waals surface area contributed by atoms with Crippen molar-refractivity contribution in [2.45, 2.75) is 5.41 Å². The molecule has 14 rings (SSSR count). The maximum Gasteiger partial charge on any atom is 0.160 e. The molecule has 0 bridgehead atoms. The number of fused-ring (bicyclic) bond motifs is 13. The SMILES string of the molecule is c1ccc(-c2nc(-c3cc(-c4ccc5oc6ccccc6c5c4)cc(-c4ccccc4-c4ccccc4)c3)cc(-c3cccc4c3C3(c5ccccc5-c5ccccc53)c3ccccc3-4)n2)cc1. The summed E-state index contributed by atoms with van der Waals surface area (Å²) in [5.74, 6) is 0.676. The lowest BCUT2D eigenvalue weighted by Gasteiger charge is -2.32. The molecule has 0 aliphatic heterocycles. The molecule has 0 amide bonds.